The van der Waals surface area contributed by atoms with Crippen LogP contribution in [0, 0.1) is 5.92 Å². The lowest BCUT2D eigenvalue weighted by molar-refractivity contribution is 0.232. The summed E-state index contributed by atoms with van der Waals surface area (Å²) in [5.74, 6) is 1.39. The predicted molar refractivity (Wildman–Crippen MR) is 404 cm³/mol. The van der Waals surface area contributed by atoms with Crippen molar-refractivity contribution in [2.75, 3.05) is 11.5 Å². The molecule has 12 aromatic carbocycles. The van der Waals surface area contributed by atoms with Crippen LogP contribution in [0.2, 0.25) is 0 Å². The van der Waals surface area contributed by atoms with Crippen molar-refractivity contribution >= 4 is 51.0 Å². The highest BCUT2D eigenvalue weighted by molar-refractivity contribution is 6.12. The highest BCUT2D eigenvalue weighted by Crippen LogP contribution is 2.57. The molecule has 0 saturated carbocycles. The number of unbranched alkanes of at least 4 members (excludes halogenated alkanes) is 1. The minimum absolute atomic E-state index is 0.0670. The van der Waals surface area contributed by atoms with Gasteiger partial charge in [0.25, 0.3) is 0 Å². The Morgan fingerprint density at radius 2 is 0.947 bits per heavy atom. The van der Waals surface area contributed by atoms with E-state index >= 15 is 0 Å². The number of rotatable bonds is 19. The average Bonchev–Trinajstić information content (AvgIpc) is 1.57. The summed E-state index contributed by atoms with van der Waals surface area (Å²) >= 11 is 0. The van der Waals surface area contributed by atoms with Gasteiger partial charge in [-0.2, -0.15) is 0 Å². The van der Waals surface area contributed by atoms with Gasteiger partial charge in [-0.25, -0.2) is 0 Å². The molecule has 3 heteroatoms. The summed E-state index contributed by atoms with van der Waals surface area (Å²) in [4.78, 5) is 2.45. The first-order valence-corrected chi connectivity index (χ1v) is 34.1. The van der Waals surface area contributed by atoms with Crippen molar-refractivity contribution in [3.05, 3.63) is 331 Å². The summed E-state index contributed by atoms with van der Waals surface area (Å²) in [5, 5.41) is 2.45. The standard InChI is InChI=1S/C92H82N2O/c1-9-62-29-33-65(34-30-62)70-39-50-79-80-51-47-76(59-86(80)91(7,8)85(79)58-70)94-88-53-40-68(66-35-42-71(43-36-66)90(4,5)6)56-82(88)83-57-69(41-54-89(83)94)67-37-44-74(45-38-67)93(73-25-16-13-17-26-73)75-46-52-81-78-27-18-19-28-84(78)92(87(81)60-75,72-23-14-12-15-24-72)55-21-20-22-64(11-3)61-95-77-48-31-63(10-2)32-49-77/h9-10,12-19,23-54,56-60,64H,1-2,11,20-22,55,61H2,3-8H3. The second-order valence-corrected chi connectivity index (χ2v) is 27.9. The summed E-state index contributed by atoms with van der Waals surface area (Å²) in [6.07, 6.45) is 9.16. The lowest BCUT2D eigenvalue weighted by atomic mass is 9.69. The quantitative estimate of drug-likeness (QED) is 0.0751. The van der Waals surface area contributed by atoms with Gasteiger partial charge in [-0.15, -0.1) is 0 Å². The fourth-order valence-corrected chi connectivity index (χ4v) is 15.6. The largest absolute Gasteiger partial charge is 0.493 e. The fourth-order valence-electron chi connectivity index (χ4n) is 15.6. The van der Waals surface area contributed by atoms with Gasteiger partial charge < -0.3 is 14.2 Å². The number of fused-ring (bicyclic) bond motifs is 9. The molecule has 2 unspecified atom stereocenters. The first kappa shape index (κ1) is 60.7. The number of aromatic nitrogens is 1. The minimum atomic E-state index is -0.340. The third-order valence-electron chi connectivity index (χ3n) is 21.0. The summed E-state index contributed by atoms with van der Waals surface area (Å²) in [5.41, 5.74) is 29.2. The van der Waals surface area contributed by atoms with E-state index in [1.165, 1.54) is 105 Å². The van der Waals surface area contributed by atoms with E-state index in [4.69, 9.17) is 4.74 Å². The molecule has 0 saturated heterocycles. The van der Waals surface area contributed by atoms with Crippen molar-refractivity contribution in [3.8, 4) is 67.1 Å². The molecule has 3 nitrogen and oxygen atoms in total. The number of ether oxygens (including phenoxy) is 1. The Bertz CT molecular complexity index is 5010. The molecule has 0 bridgehead atoms. The molecule has 2 aliphatic rings. The maximum Gasteiger partial charge on any atom is 0.119 e. The van der Waals surface area contributed by atoms with Crippen LogP contribution in [0.3, 0.4) is 0 Å². The first-order chi connectivity index (χ1) is 46.3. The van der Waals surface area contributed by atoms with Crippen molar-refractivity contribution in [1.29, 1.82) is 0 Å². The summed E-state index contributed by atoms with van der Waals surface area (Å²) < 4.78 is 8.87. The summed E-state index contributed by atoms with van der Waals surface area (Å²) in [6, 6.07) is 102. The molecule has 0 spiro atoms. The zero-order chi connectivity index (χ0) is 65.0. The number of hydrogen-bond acceptors (Lipinski definition) is 2. The molecule has 1 aromatic heterocycles. The lowest BCUT2D eigenvalue weighted by Gasteiger charge is -2.34. The van der Waals surface area contributed by atoms with Gasteiger partial charge in [0, 0.05) is 44.4 Å². The SMILES string of the molecule is C=Cc1ccc(OCC(CC)CCCCC2(c3ccccc3)c3ccccc3-c3ccc(N(c4ccccc4)c4ccc(-c5ccc6c(c5)c5cc(-c7ccc(C(C)(C)C)cc7)ccc5n6-c5ccc6c(c5)C(C)(C)c5cc(-c7ccc(C=C)cc7)ccc5-6)cc4)cc32)cc1. The van der Waals surface area contributed by atoms with E-state index in [-0.39, 0.29) is 16.2 Å². The van der Waals surface area contributed by atoms with E-state index in [0.29, 0.717) is 5.92 Å². The molecule has 2 atom stereocenters. The Kier molecular flexibility index (Phi) is 15.8. The molecule has 15 rings (SSSR count). The topological polar surface area (TPSA) is 17.4 Å². The van der Waals surface area contributed by atoms with Crippen molar-refractivity contribution in [2.24, 2.45) is 5.92 Å². The molecule has 0 fully saturated rings. The van der Waals surface area contributed by atoms with Gasteiger partial charge in [-0.05, 0) is 215 Å². The normalized spacial score (nSPS) is 14.6. The van der Waals surface area contributed by atoms with Crippen LogP contribution in [0.4, 0.5) is 17.1 Å². The van der Waals surface area contributed by atoms with E-state index < -0.39 is 0 Å². The van der Waals surface area contributed by atoms with E-state index in [0.717, 1.165) is 83.9 Å². The van der Waals surface area contributed by atoms with E-state index in [1.807, 2.05) is 12.2 Å². The Labute approximate surface area is 562 Å². The second-order valence-electron chi connectivity index (χ2n) is 27.9. The third-order valence-corrected chi connectivity index (χ3v) is 21.0. The zero-order valence-electron chi connectivity index (χ0n) is 55.7. The molecule has 95 heavy (non-hydrogen) atoms. The average molecular weight is 1230 g/mol. The van der Waals surface area contributed by atoms with Crippen LogP contribution < -0.4 is 9.64 Å². The number of para-hydroxylation sites is 1. The molecule has 0 N–H and O–H groups in total. The van der Waals surface area contributed by atoms with Crippen LogP contribution >= 0.6 is 0 Å². The highest BCUT2D eigenvalue weighted by atomic mass is 16.5. The molecule has 0 radical (unpaired) electrons. The van der Waals surface area contributed by atoms with Gasteiger partial charge in [-0.1, -0.05) is 268 Å². The Balaban J connectivity index is 0.783. The van der Waals surface area contributed by atoms with Crippen molar-refractivity contribution in [1.82, 2.24) is 4.57 Å². The Hall–Kier alpha value is -10.5. The van der Waals surface area contributed by atoms with Gasteiger partial charge in [0.2, 0.25) is 0 Å². The van der Waals surface area contributed by atoms with Crippen molar-refractivity contribution in [3.63, 3.8) is 0 Å². The highest BCUT2D eigenvalue weighted by Gasteiger charge is 2.45. The summed E-state index contributed by atoms with van der Waals surface area (Å²) in [6.45, 7) is 22.6. The fraction of sp³-hybridized carbons (Fsp3) is 0.174. The van der Waals surface area contributed by atoms with Crippen LogP contribution in [0.1, 0.15) is 118 Å². The van der Waals surface area contributed by atoms with Crippen LogP contribution in [-0.2, 0) is 16.2 Å². The van der Waals surface area contributed by atoms with Crippen LogP contribution in [0.15, 0.2) is 286 Å². The molecule has 466 valence electrons. The molecule has 0 aliphatic heterocycles. The lowest BCUT2D eigenvalue weighted by Crippen LogP contribution is -2.27. The van der Waals surface area contributed by atoms with Crippen LogP contribution in [-0.4, -0.2) is 11.2 Å². The van der Waals surface area contributed by atoms with E-state index in [1.54, 1.807) is 0 Å². The third kappa shape index (κ3) is 11.0. The zero-order valence-corrected chi connectivity index (χ0v) is 55.7. The molecule has 1 heterocycles. The Morgan fingerprint density at radius 3 is 1.58 bits per heavy atom. The Morgan fingerprint density at radius 1 is 0.453 bits per heavy atom. The first-order valence-electron chi connectivity index (χ1n) is 34.1. The smallest absolute Gasteiger partial charge is 0.119 e. The van der Waals surface area contributed by atoms with Gasteiger partial charge in [0.1, 0.15) is 5.75 Å². The number of hydrogen-bond donors (Lipinski definition) is 0. The summed E-state index contributed by atoms with van der Waals surface area (Å²) in [7, 11) is 0. The second kappa shape index (κ2) is 24.8. The number of nitrogens with zero attached hydrogens (tertiary/aromatic N) is 2. The minimum Gasteiger partial charge on any atom is -0.493 e. The number of anilines is 3. The van der Waals surface area contributed by atoms with Gasteiger partial charge >= 0.3 is 0 Å². The van der Waals surface area contributed by atoms with Gasteiger partial charge in [0.05, 0.1) is 17.6 Å². The molecule has 0 amide bonds. The molecule has 13 aromatic rings. The van der Waals surface area contributed by atoms with Crippen molar-refractivity contribution < 1.29 is 4.74 Å². The van der Waals surface area contributed by atoms with E-state index in [9.17, 15) is 0 Å². The van der Waals surface area contributed by atoms with Crippen LogP contribution in [0.5, 0.6) is 5.75 Å². The van der Waals surface area contributed by atoms with Crippen molar-refractivity contribution in [2.45, 2.75) is 89.9 Å². The maximum absolute atomic E-state index is 6.37. The van der Waals surface area contributed by atoms with Gasteiger partial charge in [0.15, 0.2) is 0 Å². The maximum atomic E-state index is 6.37. The van der Waals surface area contributed by atoms with Gasteiger partial charge in [-0.3, -0.25) is 0 Å². The monoisotopic (exact) mass is 1230 g/mol. The van der Waals surface area contributed by atoms with E-state index in [2.05, 4.69) is 337 Å². The molecular formula is C92H82N2O. The molecular weight excluding hydrogens is 1150 g/mol. The molecule has 2 aliphatic carbocycles. The van der Waals surface area contributed by atoms with Crippen LogP contribution in [0.25, 0.3) is 95.3 Å². The number of benzene rings is 12. The predicted octanol–water partition coefficient (Wildman–Crippen LogP) is 25.1.